The average Bonchev–Trinajstić information content (AvgIpc) is 2.81. The second-order valence-corrected chi connectivity index (χ2v) is 9.41. The highest BCUT2D eigenvalue weighted by atomic mass is 19.1. The topological polar surface area (TPSA) is 44.8 Å². The summed E-state index contributed by atoms with van der Waals surface area (Å²) in [6.45, 7) is 13.1. The molecule has 29 heavy (non-hydrogen) atoms. The smallest absolute Gasteiger partial charge is 0.426 e. The Morgan fingerprint density at radius 3 is 2.24 bits per heavy atom. The molecule has 1 aliphatic rings. The molecule has 0 aromatic heterocycles. The van der Waals surface area contributed by atoms with Crippen LogP contribution in [0, 0.1) is 23.6 Å². The lowest BCUT2D eigenvalue weighted by atomic mass is 9.74. The van der Waals surface area contributed by atoms with Gasteiger partial charge >= 0.3 is 13.1 Å². The highest BCUT2D eigenvalue weighted by Crippen LogP contribution is 2.38. The molecule has 0 saturated carbocycles. The summed E-state index contributed by atoms with van der Waals surface area (Å²) in [4.78, 5) is 12.4. The molecule has 2 aromatic rings. The van der Waals surface area contributed by atoms with E-state index in [9.17, 15) is 9.18 Å². The molecule has 3 rings (SSSR count). The highest BCUT2D eigenvalue weighted by molar-refractivity contribution is 6.65. The molecule has 0 bridgehead atoms. The van der Waals surface area contributed by atoms with Crippen LogP contribution in [-0.2, 0) is 14.1 Å². The quantitative estimate of drug-likeness (QED) is 0.330. The average molecular weight is 396 g/mol. The van der Waals surface area contributed by atoms with E-state index in [1.807, 2.05) is 27.7 Å². The third-order valence-electron chi connectivity index (χ3n) is 5.55. The fraction of sp³-hybridized carbons (Fsp3) is 0.435. The van der Waals surface area contributed by atoms with Crippen molar-refractivity contribution >= 4 is 29.3 Å². The van der Waals surface area contributed by atoms with Gasteiger partial charge in [-0.05, 0) is 77.5 Å². The molecule has 1 fully saturated rings. The number of hydrogen-bond donors (Lipinski definition) is 0. The predicted molar refractivity (Wildman–Crippen MR) is 113 cm³/mol. The second kappa shape index (κ2) is 6.86. The van der Waals surface area contributed by atoms with Crippen molar-refractivity contribution in [2.75, 3.05) is 0 Å². The molecule has 4 nitrogen and oxygen atoms in total. The van der Waals surface area contributed by atoms with E-state index < -0.39 is 29.6 Å². The molecule has 0 spiro atoms. The molecule has 1 aliphatic heterocycles. The molecular formula is C23H26BFO4. The van der Waals surface area contributed by atoms with Crippen LogP contribution in [0.25, 0.3) is 10.8 Å². The van der Waals surface area contributed by atoms with Crippen LogP contribution >= 0.6 is 0 Å². The molecule has 0 amide bonds. The van der Waals surface area contributed by atoms with Gasteiger partial charge in [0.2, 0.25) is 0 Å². The zero-order valence-electron chi connectivity index (χ0n) is 18.0. The summed E-state index contributed by atoms with van der Waals surface area (Å²) in [6.07, 6.45) is 5.61. The minimum Gasteiger partial charge on any atom is -0.426 e. The van der Waals surface area contributed by atoms with E-state index in [-0.39, 0.29) is 11.5 Å². The molecular weight excluding hydrogens is 370 g/mol. The number of halogens is 1. The van der Waals surface area contributed by atoms with Crippen LogP contribution in [0.2, 0.25) is 0 Å². The lowest BCUT2D eigenvalue weighted by molar-refractivity contribution is -0.142. The number of rotatable bonds is 2. The standard InChI is InChI=1S/C23H26BFO4/c1-9-16-18(25)11-10-14-12-15(27-20(26)21(2,3)4)13-17(19(14)16)24-28-22(5,6)23(7,8)29-24/h1,10-13H,2-8H3. The normalized spacial score (nSPS) is 18.0. The van der Waals surface area contributed by atoms with E-state index in [0.717, 1.165) is 0 Å². The lowest BCUT2D eigenvalue weighted by Gasteiger charge is -2.32. The zero-order valence-corrected chi connectivity index (χ0v) is 18.0. The van der Waals surface area contributed by atoms with E-state index in [2.05, 4.69) is 5.92 Å². The van der Waals surface area contributed by atoms with Crippen LogP contribution in [0.1, 0.15) is 54.0 Å². The fourth-order valence-electron chi connectivity index (χ4n) is 3.06. The molecule has 0 N–H and O–H groups in total. The van der Waals surface area contributed by atoms with Gasteiger partial charge in [0.05, 0.1) is 22.2 Å². The van der Waals surface area contributed by atoms with Crippen LogP contribution in [0.15, 0.2) is 24.3 Å². The number of carbonyl (C=O) groups is 1. The van der Waals surface area contributed by atoms with Crippen LogP contribution in [0.5, 0.6) is 5.75 Å². The predicted octanol–water partition coefficient (Wildman–Crippen LogP) is 4.21. The zero-order chi connectivity index (χ0) is 21.8. The Kier molecular flexibility index (Phi) is 5.05. The first-order valence-electron chi connectivity index (χ1n) is 9.57. The van der Waals surface area contributed by atoms with E-state index >= 15 is 0 Å². The van der Waals surface area contributed by atoms with Crippen LogP contribution in [0.4, 0.5) is 4.39 Å². The maximum Gasteiger partial charge on any atom is 0.495 e. The Hall–Kier alpha value is -2.36. The summed E-state index contributed by atoms with van der Waals surface area (Å²) < 4.78 is 32.4. The molecule has 0 aliphatic carbocycles. The Labute approximate surface area is 171 Å². The number of hydrogen-bond acceptors (Lipinski definition) is 4. The Morgan fingerprint density at radius 1 is 1.14 bits per heavy atom. The minimum atomic E-state index is -0.787. The first kappa shape index (κ1) is 21.4. The summed E-state index contributed by atoms with van der Waals surface area (Å²) in [5.41, 5.74) is -1.20. The van der Waals surface area contributed by atoms with Gasteiger partial charge in [-0.15, -0.1) is 6.42 Å². The van der Waals surface area contributed by atoms with Crippen LogP contribution in [-0.4, -0.2) is 24.3 Å². The largest absolute Gasteiger partial charge is 0.495 e. The third-order valence-corrected chi connectivity index (χ3v) is 5.55. The highest BCUT2D eigenvalue weighted by Gasteiger charge is 2.52. The molecule has 152 valence electrons. The molecule has 2 aromatic carbocycles. The van der Waals surface area contributed by atoms with Crippen LogP contribution in [0.3, 0.4) is 0 Å². The van der Waals surface area contributed by atoms with E-state index in [1.54, 1.807) is 39.0 Å². The minimum absolute atomic E-state index is 0.126. The molecule has 6 heteroatoms. The van der Waals surface area contributed by atoms with Gasteiger partial charge in [-0.3, -0.25) is 4.79 Å². The monoisotopic (exact) mass is 396 g/mol. The number of terminal acetylenes is 1. The number of fused-ring (bicyclic) bond motifs is 1. The Bertz CT molecular complexity index is 1010. The maximum absolute atomic E-state index is 14.4. The van der Waals surface area contributed by atoms with Crippen molar-refractivity contribution in [3.63, 3.8) is 0 Å². The third kappa shape index (κ3) is 3.77. The van der Waals surface area contributed by atoms with Gasteiger partial charge in [-0.1, -0.05) is 12.0 Å². The lowest BCUT2D eigenvalue weighted by Crippen LogP contribution is -2.41. The van der Waals surface area contributed by atoms with Gasteiger partial charge in [-0.25, -0.2) is 4.39 Å². The summed E-state index contributed by atoms with van der Waals surface area (Å²) in [6, 6.07) is 6.23. The van der Waals surface area contributed by atoms with Crippen molar-refractivity contribution in [1.29, 1.82) is 0 Å². The summed E-state index contributed by atoms with van der Waals surface area (Å²) in [5, 5.41) is 1.16. The van der Waals surface area contributed by atoms with E-state index in [0.29, 0.717) is 22.0 Å². The summed E-state index contributed by atoms with van der Waals surface area (Å²) in [7, 11) is -0.787. The van der Waals surface area contributed by atoms with Crippen molar-refractivity contribution < 1.29 is 23.2 Å². The van der Waals surface area contributed by atoms with Gasteiger partial charge in [0.15, 0.2) is 0 Å². The van der Waals surface area contributed by atoms with Crippen molar-refractivity contribution in [1.82, 2.24) is 0 Å². The molecule has 0 radical (unpaired) electrons. The van der Waals surface area contributed by atoms with Gasteiger partial charge in [0, 0.05) is 5.39 Å². The molecule has 1 heterocycles. The summed E-state index contributed by atoms with van der Waals surface area (Å²) in [5.74, 6) is 1.88. The SMILES string of the molecule is C#Cc1c(F)ccc2cc(OC(=O)C(C)(C)C)cc(B3OC(C)(C)C(C)(C)O3)c12. The van der Waals surface area contributed by atoms with Crippen molar-refractivity contribution in [2.45, 2.75) is 59.7 Å². The second-order valence-electron chi connectivity index (χ2n) is 9.41. The first-order chi connectivity index (χ1) is 13.3. The van der Waals surface area contributed by atoms with Crippen LogP contribution < -0.4 is 10.2 Å². The fourth-order valence-corrected chi connectivity index (χ4v) is 3.06. The number of esters is 1. The van der Waals surface area contributed by atoms with Gasteiger partial charge in [0.25, 0.3) is 0 Å². The van der Waals surface area contributed by atoms with Gasteiger partial charge < -0.3 is 14.0 Å². The van der Waals surface area contributed by atoms with E-state index in [4.69, 9.17) is 20.5 Å². The Morgan fingerprint density at radius 2 is 1.72 bits per heavy atom. The van der Waals surface area contributed by atoms with Gasteiger partial charge in [0.1, 0.15) is 11.6 Å². The molecule has 0 unspecified atom stereocenters. The van der Waals surface area contributed by atoms with Gasteiger partial charge in [-0.2, -0.15) is 0 Å². The van der Waals surface area contributed by atoms with Crippen molar-refractivity contribution in [3.8, 4) is 18.1 Å². The van der Waals surface area contributed by atoms with Crippen molar-refractivity contribution in [2.24, 2.45) is 5.41 Å². The Balaban J connectivity index is 2.21. The molecule has 1 saturated heterocycles. The number of benzene rings is 2. The number of carbonyl (C=O) groups excluding carboxylic acids is 1. The maximum atomic E-state index is 14.4. The van der Waals surface area contributed by atoms with Crippen molar-refractivity contribution in [3.05, 3.63) is 35.6 Å². The first-order valence-corrected chi connectivity index (χ1v) is 9.57. The molecule has 0 atom stereocenters. The number of ether oxygens (including phenoxy) is 1. The summed E-state index contributed by atoms with van der Waals surface area (Å²) >= 11 is 0. The van der Waals surface area contributed by atoms with E-state index in [1.165, 1.54) is 6.07 Å².